The van der Waals surface area contributed by atoms with Gasteiger partial charge in [-0.1, -0.05) is 29.8 Å². The number of nitro benzene ring substituents is 1. The topological polar surface area (TPSA) is 92.6 Å². The van der Waals surface area contributed by atoms with Gasteiger partial charge in [0.15, 0.2) is 0 Å². The second-order valence-electron chi connectivity index (χ2n) is 6.08. The number of amides is 2. The van der Waals surface area contributed by atoms with Crippen LogP contribution in [0.25, 0.3) is 0 Å². The van der Waals surface area contributed by atoms with Crippen molar-refractivity contribution in [3.05, 3.63) is 75.3 Å². The summed E-state index contributed by atoms with van der Waals surface area (Å²) in [6.45, 7) is 3.51. The number of benzene rings is 2. The average Bonchev–Trinajstić information content (AvgIpc) is 2.64. The lowest BCUT2D eigenvalue weighted by Gasteiger charge is -2.25. The number of carbonyl (C=O) groups excluding carboxylic acids is 2. The van der Waals surface area contributed by atoms with Crippen molar-refractivity contribution >= 4 is 17.5 Å². The molecule has 0 aromatic heterocycles. The number of carbonyl (C=O) groups is 2. The van der Waals surface area contributed by atoms with E-state index in [2.05, 4.69) is 5.32 Å². The number of likely N-dealkylation sites (N-methyl/N-ethyl adjacent to an activating group) is 1. The first-order chi connectivity index (χ1) is 12.3. The smallest absolute Gasteiger partial charge is 0.269 e. The Kier molecular flexibility index (Phi) is 6.06. The summed E-state index contributed by atoms with van der Waals surface area (Å²) in [7, 11) is 1.60. The molecule has 0 spiro atoms. The van der Waals surface area contributed by atoms with Crippen molar-refractivity contribution < 1.29 is 14.5 Å². The number of hydrogen-bond acceptors (Lipinski definition) is 4. The standard InChI is InChI=1S/C19H21N3O4/c1-13-6-4-8-16(10-13)19(24)20-12-18(23)21(3)14(2)15-7-5-9-17(11-15)22(25)26/h4-11,14H,12H2,1-3H3,(H,20,24)/t14-/m0/s1. The fraction of sp³-hybridized carbons (Fsp3) is 0.263. The number of non-ortho nitro benzene ring substituents is 1. The highest BCUT2D eigenvalue weighted by atomic mass is 16.6. The molecule has 0 radical (unpaired) electrons. The van der Waals surface area contributed by atoms with E-state index in [9.17, 15) is 19.7 Å². The van der Waals surface area contributed by atoms with E-state index in [-0.39, 0.29) is 30.1 Å². The molecule has 2 aromatic rings. The summed E-state index contributed by atoms with van der Waals surface area (Å²) in [6, 6.07) is 12.9. The van der Waals surface area contributed by atoms with Crippen molar-refractivity contribution in [2.45, 2.75) is 19.9 Å². The lowest BCUT2D eigenvalue weighted by molar-refractivity contribution is -0.384. The summed E-state index contributed by atoms with van der Waals surface area (Å²) in [5, 5.41) is 13.5. The van der Waals surface area contributed by atoms with Crippen molar-refractivity contribution in [1.82, 2.24) is 10.2 Å². The van der Waals surface area contributed by atoms with Crippen LogP contribution in [0.1, 0.15) is 34.5 Å². The Bertz CT molecular complexity index is 835. The average molecular weight is 355 g/mol. The van der Waals surface area contributed by atoms with Crippen molar-refractivity contribution in [3.8, 4) is 0 Å². The molecule has 7 nitrogen and oxygen atoms in total. The van der Waals surface area contributed by atoms with E-state index in [1.807, 2.05) is 13.0 Å². The van der Waals surface area contributed by atoms with Gasteiger partial charge in [0.1, 0.15) is 0 Å². The van der Waals surface area contributed by atoms with Crippen LogP contribution in [-0.2, 0) is 4.79 Å². The van der Waals surface area contributed by atoms with E-state index >= 15 is 0 Å². The second kappa shape index (κ2) is 8.24. The van der Waals surface area contributed by atoms with E-state index in [1.165, 1.54) is 17.0 Å². The summed E-state index contributed by atoms with van der Waals surface area (Å²) < 4.78 is 0. The Morgan fingerprint density at radius 3 is 2.54 bits per heavy atom. The number of rotatable bonds is 6. The molecule has 0 bridgehead atoms. The summed E-state index contributed by atoms with van der Waals surface area (Å²) in [6.07, 6.45) is 0. The fourth-order valence-corrected chi connectivity index (χ4v) is 2.51. The fourth-order valence-electron chi connectivity index (χ4n) is 2.51. The predicted octanol–water partition coefficient (Wildman–Crippen LogP) is 2.85. The van der Waals surface area contributed by atoms with Gasteiger partial charge in [-0.15, -0.1) is 0 Å². The van der Waals surface area contributed by atoms with E-state index in [0.717, 1.165) is 5.56 Å². The molecular weight excluding hydrogens is 334 g/mol. The maximum atomic E-state index is 12.4. The number of nitrogens with one attached hydrogen (secondary N) is 1. The molecule has 7 heteroatoms. The minimum absolute atomic E-state index is 0.0250. The normalized spacial score (nSPS) is 11.5. The predicted molar refractivity (Wildman–Crippen MR) is 97.8 cm³/mol. The van der Waals surface area contributed by atoms with E-state index < -0.39 is 4.92 Å². The highest BCUT2D eigenvalue weighted by Crippen LogP contribution is 2.22. The number of nitro groups is 1. The van der Waals surface area contributed by atoms with Crippen LogP contribution in [0.2, 0.25) is 0 Å². The third kappa shape index (κ3) is 4.66. The molecule has 0 heterocycles. The first-order valence-electron chi connectivity index (χ1n) is 8.14. The monoisotopic (exact) mass is 355 g/mol. The molecule has 0 saturated carbocycles. The van der Waals surface area contributed by atoms with Crippen LogP contribution in [0.5, 0.6) is 0 Å². The molecule has 2 aromatic carbocycles. The number of nitrogens with zero attached hydrogens (tertiary/aromatic N) is 2. The van der Waals surface area contributed by atoms with Gasteiger partial charge in [-0.3, -0.25) is 19.7 Å². The maximum absolute atomic E-state index is 12.4. The molecule has 0 saturated heterocycles. The van der Waals surface area contributed by atoms with Gasteiger partial charge in [-0.2, -0.15) is 0 Å². The Hall–Kier alpha value is -3.22. The molecule has 0 fully saturated rings. The van der Waals surface area contributed by atoms with Crippen molar-refractivity contribution in [2.24, 2.45) is 0 Å². The van der Waals surface area contributed by atoms with Crippen LogP contribution in [0.15, 0.2) is 48.5 Å². The minimum atomic E-state index is -0.472. The van der Waals surface area contributed by atoms with Gasteiger partial charge in [-0.25, -0.2) is 0 Å². The van der Waals surface area contributed by atoms with E-state index in [1.54, 1.807) is 44.3 Å². The summed E-state index contributed by atoms with van der Waals surface area (Å²) in [5.74, 6) is -0.608. The van der Waals surface area contributed by atoms with Crippen LogP contribution in [0.3, 0.4) is 0 Å². The largest absolute Gasteiger partial charge is 0.343 e. The van der Waals surface area contributed by atoms with Gasteiger partial charge in [0.25, 0.3) is 11.6 Å². The summed E-state index contributed by atoms with van der Waals surface area (Å²) in [4.78, 5) is 36.4. The minimum Gasteiger partial charge on any atom is -0.343 e. The molecule has 0 unspecified atom stereocenters. The van der Waals surface area contributed by atoms with Gasteiger partial charge in [-0.05, 0) is 31.5 Å². The zero-order valence-corrected chi connectivity index (χ0v) is 14.9. The SMILES string of the molecule is Cc1cccc(C(=O)NCC(=O)N(C)[C@@H](C)c2cccc([N+](=O)[O-])c2)c1. The molecule has 2 rings (SSSR count). The molecule has 2 amide bonds. The van der Waals surface area contributed by atoms with E-state index in [4.69, 9.17) is 0 Å². The Balaban J connectivity index is 1.99. The van der Waals surface area contributed by atoms with Gasteiger partial charge >= 0.3 is 0 Å². The summed E-state index contributed by atoms with van der Waals surface area (Å²) in [5.41, 5.74) is 2.08. The molecule has 1 atom stereocenters. The quantitative estimate of drug-likeness (QED) is 0.637. The van der Waals surface area contributed by atoms with Crippen LogP contribution in [0.4, 0.5) is 5.69 Å². The Morgan fingerprint density at radius 1 is 1.19 bits per heavy atom. The molecule has 0 aliphatic heterocycles. The highest BCUT2D eigenvalue weighted by molar-refractivity contribution is 5.96. The summed E-state index contributed by atoms with van der Waals surface area (Å²) >= 11 is 0. The van der Waals surface area contributed by atoms with Gasteiger partial charge in [0.05, 0.1) is 17.5 Å². The molecule has 136 valence electrons. The van der Waals surface area contributed by atoms with Crippen LogP contribution in [-0.4, -0.2) is 35.2 Å². The molecule has 26 heavy (non-hydrogen) atoms. The Morgan fingerprint density at radius 2 is 1.88 bits per heavy atom. The number of hydrogen-bond donors (Lipinski definition) is 1. The first kappa shape index (κ1) is 19.1. The van der Waals surface area contributed by atoms with Crippen molar-refractivity contribution in [3.63, 3.8) is 0 Å². The lowest BCUT2D eigenvalue weighted by atomic mass is 10.1. The molecule has 0 aliphatic rings. The van der Waals surface area contributed by atoms with E-state index in [0.29, 0.717) is 11.1 Å². The van der Waals surface area contributed by atoms with Crippen LogP contribution in [0, 0.1) is 17.0 Å². The molecular formula is C19H21N3O4. The van der Waals surface area contributed by atoms with Crippen molar-refractivity contribution in [2.75, 3.05) is 13.6 Å². The zero-order chi connectivity index (χ0) is 19.3. The zero-order valence-electron chi connectivity index (χ0n) is 14.9. The van der Waals surface area contributed by atoms with Gasteiger partial charge < -0.3 is 10.2 Å². The second-order valence-corrected chi connectivity index (χ2v) is 6.08. The van der Waals surface area contributed by atoms with Crippen LogP contribution >= 0.6 is 0 Å². The molecule has 0 aliphatic carbocycles. The number of aryl methyl sites for hydroxylation is 1. The highest BCUT2D eigenvalue weighted by Gasteiger charge is 2.20. The lowest BCUT2D eigenvalue weighted by Crippen LogP contribution is -2.39. The van der Waals surface area contributed by atoms with Gasteiger partial charge in [0, 0.05) is 24.7 Å². The van der Waals surface area contributed by atoms with Crippen LogP contribution < -0.4 is 5.32 Å². The maximum Gasteiger partial charge on any atom is 0.269 e. The first-order valence-corrected chi connectivity index (χ1v) is 8.14. The van der Waals surface area contributed by atoms with Gasteiger partial charge in [0.2, 0.25) is 5.91 Å². The van der Waals surface area contributed by atoms with Crippen molar-refractivity contribution in [1.29, 1.82) is 0 Å². The third-order valence-electron chi connectivity index (χ3n) is 4.22. The Labute approximate surface area is 151 Å². The molecule has 1 N–H and O–H groups in total. The third-order valence-corrected chi connectivity index (χ3v) is 4.22.